The van der Waals surface area contributed by atoms with E-state index in [0.717, 1.165) is 27.2 Å². The van der Waals surface area contributed by atoms with E-state index in [0.29, 0.717) is 5.56 Å². The van der Waals surface area contributed by atoms with E-state index in [1.165, 1.54) is 0 Å². The Bertz CT molecular complexity index is 4330. The van der Waals surface area contributed by atoms with Crippen LogP contribution in [0.4, 0.5) is 0 Å². The summed E-state index contributed by atoms with van der Waals surface area (Å²) in [7, 11) is 0. The molecular weight excluding hydrogens is 661 g/mol. The van der Waals surface area contributed by atoms with E-state index in [9.17, 15) is 9.60 Å². The quantitative estimate of drug-likeness (QED) is 0.183. The third kappa shape index (κ3) is 4.40. The summed E-state index contributed by atoms with van der Waals surface area (Å²) in [5.41, 5.74) is -1.26. The Morgan fingerprint density at radius 2 is 1.16 bits per heavy atom. The van der Waals surface area contributed by atoms with Gasteiger partial charge in [-0.15, -0.1) is 22.7 Å². The van der Waals surface area contributed by atoms with Crippen molar-refractivity contribution < 1.29 is 28.8 Å². The minimum atomic E-state index is -0.811. The van der Waals surface area contributed by atoms with Gasteiger partial charge in [0, 0.05) is 62.2 Å². The van der Waals surface area contributed by atoms with Gasteiger partial charge < -0.3 is 0 Å². The van der Waals surface area contributed by atoms with Gasteiger partial charge in [0.05, 0.1) is 39.8 Å². The van der Waals surface area contributed by atoms with Crippen LogP contribution in [0.25, 0.3) is 102 Å². The molecule has 0 unspecified atom stereocenters. The average Bonchev–Trinajstić information content (AvgIpc) is 4.07. The predicted molar refractivity (Wildman–Crippen MR) is 216 cm³/mol. The second-order valence-electron chi connectivity index (χ2n) is 11.2. The second-order valence-corrected chi connectivity index (χ2v) is 13.2. The van der Waals surface area contributed by atoms with Crippen molar-refractivity contribution in [1.29, 1.82) is 0 Å². The van der Waals surface area contributed by atoms with Gasteiger partial charge in [0.1, 0.15) is 0 Å². The van der Waals surface area contributed by atoms with E-state index in [2.05, 4.69) is 15.0 Å². The molecule has 4 aromatic heterocycles. The fourth-order valence-electron chi connectivity index (χ4n) is 6.25. The first-order chi connectivity index (χ1) is 34.0. The molecule has 11 rings (SSSR count). The fourth-order valence-corrected chi connectivity index (χ4v) is 8.24. The fraction of sp³-hybridized carbons (Fsp3) is 0. The number of hydrogen-bond donors (Lipinski definition) is 0. The monoisotopic (exact) mass is 707 g/mol. The van der Waals surface area contributed by atoms with Gasteiger partial charge in [-0.3, -0.25) is 4.57 Å². The van der Waals surface area contributed by atoms with Gasteiger partial charge in [-0.05, 0) is 47.4 Å². The maximum absolute atomic E-state index is 9.73. The van der Waals surface area contributed by atoms with Crippen LogP contribution < -0.4 is 0 Å². The Hall–Kier alpha value is -6.21. The molecule has 0 radical (unpaired) electrons. The number of hydrogen-bond acceptors (Lipinski definition) is 5. The molecule has 0 bridgehead atoms. The van der Waals surface area contributed by atoms with E-state index in [1.807, 2.05) is 0 Å². The number of thiophene rings is 2. The number of aromatic nitrogens is 4. The third-order valence-electron chi connectivity index (χ3n) is 8.39. The van der Waals surface area contributed by atoms with Crippen LogP contribution in [0.3, 0.4) is 0 Å². The SMILES string of the molecule is [2H]c1c([2H])c([2H])c(-c2nc(-c3c([2H])c([2H])c4c(sc5c([2H])c([2H])c([2H])c(-c6ccccc6)c54)c3[2H])nc(-n3c4c([2H])c([2H])c([2H])c([2H])c4c4c5c(sc6c([2H])c([2H])c([2H])c([2H])c65)c([2H])c([2H])c43)n2)c([2H])c1[2H]. The summed E-state index contributed by atoms with van der Waals surface area (Å²) in [5.74, 6) is -2.00. The largest absolute Gasteiger partial charge is 0.278 e. The topological polar surface area (TPSA) is 43.6 Å². The van der Waals surface area contributed by atoms with Gasteiger partial charge in [-0.2, -0.15) is 9.97 Å². The third-order valence-corrected chi connectivity index (χ3v) is 10.4. The van der Waals surface area contributed by atoms with Crippen molar-refractivity contribution in [3.63, 3.8) is 0 Å². The van der Waals surface area contributed by atoms with Crippen LogP contribution in [0.15, 0.2) is 157 Å². The van der Waals surface area contributed by atoms with E-state index in [1.54, 1.807) is 30.3 Å². The molecule has 0 amide bonds. The molecule has 0 atom stereocenters. The Morgan fingerprint density at radius 3 is 2.04 bits per heavy atom. The summed E-state index contributed by atoms with van der Waals surface area (Å²) in [6.45, 7) is 0. The molecule has 51 heavy (non-hydrogen) atoms. The van der Waals surface area contributed by atoms with Gasteiger partial charge in [0.25, 0.3) is 0 Å². The first-order valence-electron chi connectivity index (χ1n) is 25.7. The molecule has 238 valence electrons. The highest BCUT2D eigenvalue weighted by Crippen LogP contribution is 2.44. The van der Waals surface area contributed by atoms with Crippen molar-refractivity contribution in [2.45, 2.75) is 0 Å². The molecule has 11 aromatic rings. The minimum absolute atomic E-state index is 0.0000712. The van der Waals surface area contributed by atoms with Crippen molar-refractivity contribution in [1.82, 2.24) is 19.5 Å². The van der Waals surface area contributed by atoms with Crippen molar-refractivity contribution in [2.75, 3.05) is 0 Å². The maximum Gasteiger partial charge on any atom is 0.238 e. The number of benzene rings is 7. The number of rotatable bonds is 4. The molecule has 0 N–H and O–H groups in total. The molecule has 7 aromatic carbocycles. The summed E-state index contributed by atoms with van der Waals surface area (Å²) in [6.07, 6.45) is 0. The van der Waals surface area contributed by atoms with E-state index in [-0.39, 0.29) is 74.3 Å². The lowest BCUT2D eigenvalue weighted by Crippen LogP contribution is -2.06. The standard InChI is InChI=1S/C45H26N4S2/c1-3-12-27(13-4-1)30-18-11-21-37-40(30)33-23-22-29(26-39(33)51-37)44-46-43(28-14-5-2-6-15-28)47-45(48-44)49-34-19-9-7-16-31(34)41-35(49)24-25-38-42(41)32-17-8-10-20-36(32)50-38/h1-26H/i2D,5D,6D,7D,8D,9D,10D,11D,14D,15D,16D,17D,18D,19D,20D,21D,22D,23D,24D,25D,26D. The van der Waals surface area contributed by atoms with Crippen molar-refractivity contribution in [3.8, 4) is 39.9 Å². The van der Waals surface area contributed by atoms with E-state index >= 15 is 0 Å². The van der Waals surface area contributed by atoms with Gasteiger partial charge >= 0.3 is 0 Å². The first kappa shape index (κ1) is 15.0. The lowest BCUT2D eigenvalue weighted by molar-refractivity contribution is 0.954. The minimum Gasteiger partial charge on any atom is -0.278 e. The van der Waals surface area contributed by atoms with Crippen LogP contribution in [-0.4, -0.2) is 19.5 Å². The van der Waals surface area contributed by atoms with E-state index in [4.69, 9.17) is 19.2 Å². The molecular formula is C45H26N4S2. The van der Waals surface area contributed by atoms with Crippen molar-refractivity contribution in [3.05, 3.63) is 157 Å². The molecule has 4 heterocycles. The zero-order chi connectivity index (χ0) is 51.7. The first-order valence-corrected chi connectivity index (χ1v) is 16.9. The molecule has 0 aliphatic rings. The van der Waals surface area contributed by atoms with Crippen LogP contribution in [0, 0.1) is 0 Å². The molecule has 0 spiro atoms. The summed E-state index contributed by atoms with van der Waals surface area (Å²) in [6, 6.07) is -4.68. The van der Waals surface area contributed by atoms with Gasteiger partial charge in [-0.25, -0.2) is 4.98 Å². The Morgan fingerprint density at radius 1 is 0.451 bits per heavy atom. The highest BCUT2D eigenvalue weighted by Gasteiger charge is 2.21. The summed E-state index contributed by atoms with van der Waals surface area (Å²) in [4.78, 5) is 13.7. The van der Waals surface area contributed by atoms with Crippen molar-refractivity contribution in [2.24, 2.45) is 0 Å². The second kappa shape index (κ2) is 11.2. The number of fused-ring (bicyclic) bond motifs is 10. The van der Waals surface area contributed by atoms with Gasteiger partial charge in [0.15, 0.2) is 11.6 Å². The van der Waals surface area contributed by atoms with Gasteiger partial charge in [0.2, 0.25) is 5.95 Å². The zero-order valence-corrected chi connectivity index (χ0v) is 27.1. The summed E-state index contributed by atoms with van der Waals surface area (Å²) in [5, 5.41) is -0.453. The maximum atomic E-state index is 9.73. The van der Waals surface area contributed by atoms with Crippen LogP contribution in [-0.2, 0) is 0 Å². The molecule has 6 heteroatoms. The van der Waals surface area contributed by atoms with Gasteiger partial charge in [-0.1, -0.05) is 121 Å². The van der Waals surface area contributed by atoms with Crippen molar-refractivity contribution >= 4 is 84.8 Å². The smallest absolute Gasteiger partial charge is 0.238 e. The van der Waals surface area contributed by atoms with Crippen LogP contribution >= 0.6 is 22.7 Å². The molecule has 0 fully saturated rings. The Balaban J connectivity index is 1.35. The molecule has 0 aliphatic heterocycles. The van der Waals surface area contributed by atoms with Crippen LogP contribution in [0.1, 0.15) is 28.8 Å². The molecule has 0 saturated carbocycles. The van der Waals surface area contributed by atoms with Crippen LogP contribution in [0.5, 0.6) is 0 Å². The highest BCUT2D eigenvalue weighted by atomic mass is 32.1. The molecule has 4 nitrogen and oxygen atoms in total. The van der Waals surface area contributed by atoms with E-state index < -0.39 is 149 Å². The lowest BCUT2D eigenvalue weighted by atomic mass is 9.99. The zero-order valence-electron chi connectivity index (χ0n) is 46.5. The molecule has 0 saturated heterocycles. The predicted octanol–water partition coefficient (Wildman–Crippen LogP) is 12.7. The number of nitrogens with zero attached hydrogens (tertiary/aromatic N) is 4. The lowest BCUT2D eigenvalue weighted by Gasteiger charge is -2.11. The summed E-state index contributed by atoms with van der Waals surface area (Å²) >= 11 is 1.62. The normalized spacial score (nSPS) is 17.7. The number of para-hydroxylation sites is 1. The van der Waals surface area contributed by atoms with Crippen LogP contribution in [0.2, 0.25) is 0 Å². The summed E-state index contributed by atoms with van der Waals surface area (Å²) < 4.78 is 189. The Labute approximate surface area is 330 Å². The Kier molecular flexibility index (Phi) is 3.27. The average molecular weight is 708 g/mol. The molecule has 0 aliphatic carbocycles. The highest BCUT2D eigenvalue weighted by molar-refractivity contribution is 7.26.